The first-order valence-electron chi connectivity index (χ1n) is 9.79. The van der Waals surface area contributed by atoms with Crippen molar-refractivity contribution in [1.29, 1.82) is 0 Å². The van der Waals surface area contributed by atoms with Crippen molar-refractivity contribution in [3.8, 4) is 11.5 Å². The van der Waals surface area contributed by atoms with Crippen LogP contribution in [-0.4, -0.2) is 46.5 Å². The fourth-order valence-electron chi connectivity index (χ4n) is 4.68. The zero-order valence-electron chi connectivity index (χ0n) is 16.5. The van der Waals surface area contributed by atoms with E-state index in [1.54, 1.807) is 18.9 Å². The Balaban J connectivity index is 1.64. The Kier molecular flexibility index (Phi) is 5.02. The molecule has 0 bridgehead atoms. The first-order chi connectivity index (χ1) is 13.6. The molecule has 1 aromatic carbocycles. The maximum atomic E-state index is 13.7. The predicted octanol–water partition coefficient (Wildman–Crippen LogP) is 2.25. The van der Waals surface area contributed by atoms with Crippen LogP contribution in [0.2, 0.25) is 0 Å². The van der Waals surface area contributed by atoms with Crippen LogP contribution < -0.4 is 9.47 Å². The number of methoxy groups -OCH3 is 2. The van der Waals surface area contributed by atoms with E-state index in [4.69, 9.17) is 9.47 Å². The molecule has 0 spiro atoms. The van der Waals surface area contributed by atoms with E-state index in [-0.39, 0.29) is 12.5 Å². The molecule has 0 unspecified atom stereocenters. The average molecular weight is 385 g/mol. The molecule has 1 N–H and O–H groups in total. The zero-order chi connectivity index (χ0) is 19.7. The number of aromatic nitrogens is 2. The Labute approximate surface area is 164 Å². The van der Waals surface area contributed by atoms with Crippen LogP contribution in [0, 0.1) is 0 Å². The standard InChI is InChI=1S/C21H27N3O4/c1-27-18-6-5-16(11-19(18)28-2)21(7-3-4-8-21)20(26)23-13-15-12-22-24(9-10-25)17(15)14-23/h5-6,11-12,25H,3-4,7-10,13-14H2,1-2H3. The van der Waals surface area contributed by atoms with E-state index in [0.717, 1.165) is 42.5 Å². The molecule has 150 valence electrons. The quantitative estimate of drug-likeness (QED) is 0.825. The third kappa shape index (κ3) is 2.94. The Morgan fingerprint density at radius 3 is 2.61 bits per heavy atom. The summed E-state index contributed by atoms with van der Waals surface area (Å²) < 4.78 is 12.7. The van der Waals surface area contributed by atoms with Crippen LogP contribution in [0.15, 0.2) is 24.4 Å². The number of amides is 1. The maximum absolute atomic E-state index is 13.7. The van der Waals surface area contributed by atoms with Gasteiger partial charge in [0.25, 0.3) is 0 Å². The van der Waals surface area contributed by atoms with E-state index in [1.807, 2.05) is 29.3 Å². The van der Waals surface area contributed by atoms with Crippen LogP contribution in [0.4, 0.5) is 0 Å². The minimum absolute atomic E-state index is 0.0393. The zero-order valence-corrected chi connectivity index (χ0v) is 16.5. The molecule has 1 amide bonds. The summed E-state index contributed by atoms with van der Waals surface area (Å²) in [7, 11) is 3.24. The third-order valence-electron chi connectivity index (χ3n) is 6.14. The van der Waals surface area contributed by atoms with E-state index < -0.39 is 5.41 Å². The van der Waals surface area contributed by atoms with Crippen molar-refractivity contribution in [2.75, 3.05) is 20.8 Å². The first-order valence-corrected chi connectivity index (χ1v) is 9.79. The second-order valence-electron chi connectivity index (χ2n) is 7.58. The van der Waals surface area contributed by atoms with Crippen LogP contribution in [0.1, 0.15) is 42.5 Å². The first kappa shape index (κ1) is 18.8. The van der Waals surface area contributed by atoms with Gasteiger partial charge >= 0.3 is 0 Å². The van der Waals surface area contributed by atoms with Gasteiger partial charge in [-0.2, -0.15) is 5.10 Å². The molecule has 2 aliphatic rings. The van der Waals surface area contributed by atoms with Crippen molar-refractivity contribution in [2.45, 2.75) is 50.7 Å². The Bertz CT molecular complexity index is 871. The van der Waals surface area contributed by atoms with Crippen LogP contribution in [-0.2, 0) is 29.8 Å². The highest BCUT2D eigenvalue weighted by atomic mass is 16.5. The molecule has 7 nitrogen and oxygen atoms in total. The second kappa shape index (κ2) is 7.47. The van der Waals surface area contributed by atoms with Gasteiger partial charge in [0, 0.05) is 12.1 Å². The predicted molar refractivity (Wildman–Crippen MR) is 103 cm³/mol. The van der Waals surface area contributed by atoms with Crippen molar-refractivity contribution in [1.82, 2.24) is 14.7 Å². The number of benzene rings is 1. The summed E-state index contributed by atoms with van der Waals surface area (Å²) in [6.45, 7) is 1.62. The number of rotatable bonds is 6. The molecular formula is C21H27N3O4. The molecule has 0 atom stereocenters. The van der Waals surface area contributed by atoms with Crippen molar-refractivity contribution in [2.24, 2.45) is 0 Å². The Hall–Kier alpha value is -2.54. The van der Waals surface area contributed by atoms with Crippen LogP contribution in [0.25, 0.3) is 0 Å². The molecule has 1 fully saturated rings. The van der Waals surface area contributed by atoms with Gasteiger partial charge in [-0.15, -0.1) is 0 Å². The fourth-order valence-corrected chi connectivity index (χ4v) is 4.68. The van der Waals surface area contributed by atoms with Crippen molar-refractivity contribution in [3.63, 3.8) is 0 Å². The van der Waals surface area contributed by atoms with E-state index in [1.165, 1.54) is 0 Å². The molecule has 1 aromatic heterocycles. The molecule has 7 heteroatoms. The Morgan fingerprint density at radius 1 is 1.18 bits per heavy atom. The lowest BCUT2D eigenvalue weighted by molar-refractivity contribution is -0.138. The minimum Gasteiger partial charge on any atom is -0.493 e. The molecule has 2 heterocycles. The molecule has 0 saturated heterocycles. The lowest BCUT2D eigenvalue weighted by Crippen LogP contribution is -2.43. The van der Waals surface area contributed by atoms with Crippen molar-refractivity contribution >= 4 is 5.91 Å². The molecule has 4 rings (SSSR count). The SMILES string of the molecule is COc1ccc(C2(C(=O)N3Cc4cnn(CCO)c4C3)CCCC2)cc1OC. The van der Waals surface area contributed by atoms with Crippen LogP contribution in [0.3, 0.4) is 0 Å². The number of hydrogen-bond acceptors (Lipinski definition) is 5. The number of carbonyl (C=O) groups excluding carboxylic acids is 1. The lowest BCUT2D eigenvalue weighted by atomic mass is 9.77. The number of ether oxygens (including phenoxy) is 2. The number of carbonyl (C=O) groups is 1. The highest BCUT2D eigenvalue weighted by molar-refractivity contribution is 5.89. The van der Waals surface area contributed by atoms with E-state index >= 15 is 0 Å². The van der Waals surface area contributed by atoms with Gasteiger partial charge in [-0.3, -0.25) is 9.48 Å². The molecular weight excluding hydrogens is 358 g/mol. The Morgan fingerprint density at radius 2 is 1.93 bits per heavy atom. The monoisotopic (exact) mass is 385 g/mol. The van der Waals surface area contributed by atoms with Crippen molar-refractivity contribution in [3.05, 3.63) is 41.2 Å². The molecule has 1 saturated carbocycles. The summed E-state index contributed by atoms with van der Waals surface area (Å²) in [5, 5.41) is 13.6. The molecule has 2 aromatic rings. The largest absolute Gasteiger partial charge is 0.493 e. The summed E-state index contributed by atoms with van der Waals surface area (Å²) >= 11 is 0. The topological polar surface area (TPSA) is 76.8 Å². The van der Waals surface area contributed by atoms with Crippen molar-refractivity contribution < 1.29 is 19.4 Å². The highest BCUT2D eigenvalue weighted by Crippen LogP contribution is 2.46. The molecule has 1 aliphatic heterocycles. The minimum atomic E-state index is -0.516. The van der Waals surface area contributed by atoms with E-state index in [2.05, 4.69) is 5.10 Å². The molecule has 1 aliphatic carbocycles. The van der Waals surface area contributed by atoms with Gasteiger partial charge in [0.15, 0.2) is 11.5 Å². The maximum Gasteiger partial charge on any atom is 0.233 e. The number of hydrogen-bond donors (Lipinski definition) is 1. The van der Waals surface area contributed by atoms with E-state index in [9.17, 15) is 9.90 Å². The summed E-state index contributed by atoms with van der Waals surface area (Å²) in [6.07, 6.45) is 5.59. The highest BCUT2D eigenvalue weighted by Gasteiger charge is 2.46. The molecule has 0 radical (unpaired) electrons. The average Bonchev–Trinajstić information content (AvgIpc) is 3.44. The summed E-state index contributed by atoms with van der Waals surface area (Å²) in [5.74, 6) is 1.50. The van der Waals surface area contributed by atoms with Crippen LogP contribution >= 0.6 is 0 Å². The van der Waals surface area contributed by atoms with E-state index in [0.29, 0.717) is 31.1 Å². The van der Waals surface area contributed by atoms with Gasteiger partial charge in [-0.1, -0.05) is 18.9 Å². The lowest BCUT2D eigenvalue weighted by Gasteiger charge is -2.33. The van der Waals surface area contributed by atoms with Gasteiger partial charge < -0.3 is 19.5 Å². The fraction of sp³-hybridized carbons (Fsp3) is 0.524. The van der Waals surface area contributed by atoms with Gasteiger partial charge in [0.1, 0.15) is 0 Å². The smallest absolute Gasteiger partial charge is 0.233 e. The number of fused-ring (bicyclic) bond motifs is 1. The molecule has 28 heavy (non-hydrogen) atoms. The van der Waals surface area contributed by atoms with Crippen LogP contribution in [0.5, 0.6) is 11.5 Å². The number of aliphatic hydroxyl groups excluding tert-OH is 1. The second-order valence-corrected chi connectivity index (χ2v) is 7.58. The van der Waals surface area contributed by atoms with Gasteiger partial charge in [0.05, 0.1) is 51.2 Å². The van der Waals surface area contributed by atoms with Gasteiger partial charge in [-0.05, 0) is 30.5 Å². The number of nitrogens with zero attached hydrogens (tertiary/aromatic N) is 3. The number of aliphatic hydroxyl groups is 1. The normalized spacial score (nSPS) is 17.6. The van der Waals surface area contributed by atoms with Gasteiger partial charge in [0.2, 0.25) is 5.91 Å². The summed E-state index contributed by atoms with van der Waals surface area (Å²) in [4.78, 5) is 15.7. The summed E-state index contributed by atoms with van der Waals surface area (Å²) in [5.41, 5.74) is 2.59. The van der Waals surface area contributed by atoms with Gasteiger partial charge in [-0.25, -0.2) is 0 Å². The summed E-state index contributed by atoms with van der Waals surface area (Å²) in [6, 6.07) is 5.85. The third-order valence-corrected chi connectivity index (χ3v) is 6.14.